The van der Waals surface area contributed by atoms with E-state index in [1.165, 1.54) is 28.6 Å². The Balaban J connectivity index is 1.80. The minimum absolute atomic E-state index is 0.0649. The molecule has 1 aromatic heterocycles. The van der Waals surface area contributed by atoms with Crippen LogP contribution in [0.15, 0.2) is 29.2 Å². The predicted octanol–water partition coefficient (Wildman–Crippen LogP) is 2.14. The molecule has 3 rings (SSSR count). The largest absolute Gasteiger partial charge is 0.461 e. The highest BCUT2D eigenvalue weighted by Crippen LogP contribution is 2.23. The van der Waals surface area contributed by atoms with E-state index < -0.39 is 21.9 Å². The lowest BCUT2D eigenvalue weighted by Crippen LogP contribution is -2.35. The number of rotatable bonds is 6. The molecule has 0 saturated carbocycles. The van der Waals surface area contributed by atoms with E-state index in [2.05, 4.69) is 14.9 Å². The number of ether oxygens (including phenoxy) is 1. The summed E-state index contributed by atoms with van der Waals surface area (Å²) < 4.78 is 35.6. The van der Waals surface area contributed by atoms with Crippen LogP contribution in [-0.2, 0) is 14.8 Å². The third-order valence-electron chi connectivity index (χ3n) is 4.23. The Morgan fingerprint density at radius 1 is 1.25 bits per heavy atom. The Morgan fingerprint density at radius 2 is 2.00 bits per heavy atom. The number of benzene rings is 1. The number of carbonyl (C=O) groups is 2. The number of carbonyl (C=O) groups excluding carboxylic acids is 2. The van der Waals surface area contributed by atoms with Crippen LogP contribution in [-0.4, -0.2) is 53.9 Å². The maximum atomic E-state index is 12.8. The van der Waals surface area contributed by atoms with Crippen LogP contribution in [0.2, 0.25) is 0 Å². The molecule has 150 valence electrons. The van der Waals surface area contributed by atoms with Gasteiger partial charge in [-0.2, -0.15) is 4.31 Å². The summed E-state index contributed by atoms with van der Waals surface area (Å²) in [5, 5.41) is 6.37. The zero-order valence-electron chi connectivity index (χ0n) is 15.3. The van der Waals surface area contributed by atoms with Crippen molar-refractivity contribution in [2.45, 2.75) is 31.1 Å². The van der Waals surface area contributed by atoms with E-state index in [4.69, 9.17) is 4.74 Å². The zero-order valence-corrected chi connectivity index (χ0v) is 16.9. The molecule has 0 atom stereocenters. The van der Waals surface area contributed by atoms with Crippen LogP contribution in [0.1, 0.15) is 47.0 Å². The second-order valence-electron chi connectivity index (χ2n) is 6.12. The van der Waals surface area contributed by atoms with Gasteiger partial charge >= 0.3 is 5.97 Å². The first-order valence-corrected chi connectivity index (χ1v) is 11.1. The molecular weight excluding hydrogens is 404 g/mol. The lowest BCUT2D eigenvalue weighted by atomic mass is 10.2. The number of amides is 1. The van der Waals surface area contributed by atoms with E-state index in [9.17, 15) is 18.0 Å². The van der Waals surface area contributed by atoms with Crippen LogP contribution < -0.4 is 5.32 Å². The van der Waals surface area contributed by atoms with Gasteiger partial charge in [0.2, 0.25) is 15.7 Å². The molecule has 9 nitrogen and oxygen atoms in total. The first kappa shape index (κ1) is 20.4. The van der Waals surface area contributed by atoms with Gasteiger partial charge in [0.05, 0.1) is 11.5 Å². The Labute approximate surface area is 166 Å². The third-order valence-corrected chi connectivity index (χ3v) is 6.77. The zero-order chi connectivity index (χ0) is 20.1. The van der Waals surface area contributed by atoms with Crippen molar-refractivity contribution in [2.75, 3.05) is 25.0 Å². The van der Waals surface area contributed by atoms with Crippen molar-refractivity contribution in [3.63, 3.8) is 0 Å². The molecule has 0 spiro atoms. The number of esters is 1. The fourth-order valence-corrected chi connectivity index (χ4v) is 4.95. The lowest BCUT2D eigenvalue weighted by Gasteiger charge is -2.26. The van der Waals surface area contributed by atoms with Gasteiger partial charge in [0.1, 0.15) is 0 Å². The van der Waals surface area contributed by atoms with Crippen molar-refractivity contribution in [2.24, 2.45) is 0 Å². The summed E-state index contributed by atoms with van der Waals surface area (Å²) in [5.74, 6) is -1.25. The molecule has 11 heteroatoms. The highest BCUT2D eigenvalue weighted by molar-refractivity contribution is 7.89. The molecule has 2 aromatic rings. The number of anilines is 1. The van der Waals surface area contributed by atoms with Crippen molar-refractivity contribution in [1.29, 1.82) is 0 Å². The highest BCUT2D eigenvalue weighted by Gasteiger charge is 2.27. The number of hydrogen-bond donors (Lipinski definition) is 1. The second kappa shape index (κ2) is 8.76. The fraction of sp³-hybridized carbons (Fsp3) is 0.412. The van der Waals surface area contributed by atoms with Crippen molar-refractivity contribution >= 4 is 38.4 Å². The number of nitrogens with one attached hydrogen (secondary N) is 1. The number of piperidine rings is 1. The van der Waals surface area contributed by atoms with E-state index in [1.54, 1.807) is 6.92 Å². The second-order valence-corrected chi connectivity index (χ2v) is 8.81. The quantitative estimate of drug-likeness (QED) is 0.706. The molecule has 1 aliphatic rings. The molecule has 28 heavy (non-hydrogen) atoms. The van der Waals surface area contributed by atoms with E-state index in [1.807, 2.05) is 0 Å². The Kier molecular flexibility index (Phi) is 6.37. The van der Waals surface area contributed by atoms with Gasteiger partial charge in [0.15, 0.2) is 5.00 Å². The van der Waals surface area contributed by atoms with Crippen LogP contribution in [0.5, 0.6) is 0 Å². The molecule has 1 amide bonds. The Hall–Kier alpha value is -2.37. The molecule has 0 radical (unpaired) electrons. The summed E-state index contributed by atoms with van der Waals surface area (Å²) in [7, 11) is -3.65. The van der Waals surface area contributed by atoms with Gasteiger partial charge < -0.3 is 10.1 Å². The van der Waals surface area contributed by atoms with Gasteiger partial charge in [-0.05, 0) is 38.0 Å². The van der Waals surface area contributed by atoms with Crippen LogP contribution in [0, 0.1) is 0 Å². The summed E-state index contributed by atoms with van der Waals surface area (Å²) >= 11 is 0.839. The minimum Gasteiger partial charge on any atom is -0.461 e. The third kappa shape index (κ3) is 4.37. The SMILES string of the molecule is CCOC(=O)c1nnsc1NC(=O)c1cccc(S(=O)(=O)N2CCCCC2)c1. The molecule has 1 saturated heterocycles. The molecule has 0 aliphatic carbocycles. The van der Waals surface area contributed by atoms with Crippen LogP contribution in [0.3, 0.4) is 0 Å². The maximum Gasteiger partial charge on any atom is 0.362 e. The number of nitrogens with zero attached hydrogens (tertiary/aromatic N) is 3. The first-order valence-electron chi connectivity index (χ1n) is 8.84. The van der Waals surface area contributed by atoms with E-state index in [0.717, 1.165) is 30.8 Å². The number of sulfonamides is 1. The van der Waals surface area contributed by atoms with Crippen molar-refractivity contribution in [3.8, 4) is 0 Å². The van der Waals surface area contributed by atoms with Gasteiger partial charge in [0, 0.05) is 30.2 Å². The molecule has 0 bridgehead atoms. The van der Waals surface area contributed by atoms with Gasteiger partial charge in [0.25, 0.3) is 5.91 Å². The molecule has 1 aromatic carbocycles. The standard InChI is InChI=1S/C17H20N4O5S2/c1-2-26-17(23)14-16(27-20-19-14)18-15(22)12-7-6-8-13(11-12)28(24,25)21-9-4-3-5-10-21/h6-8,11H,2-5,9-10H2,1H3,(H,18,22). The number of aromatic nitrogens is 2. The molecule has 2 heterocycles. The van der Waals surface area contributed by atoms with Crippen molar-refractivity contribution in [3.05, 3.63) is 35.5 Å². The average Bonchev–Trinajstić information content (AvgIpc) is 3.17. The van der Waals surface area contributed by atoms with E-state index in [-0.39, 0.29) is 27.8 Å². The van der Waals surface area contributed by atoms with E-state index in [0.29, 0.717) is 13.1 Å². The molecule has 0 unspecified atom stereocenters. The van der Waals surface area contributed by atoms with Gasteiger partial charge in [-0.15, -0.1) is 5.10 Å². The highest BCUT2D eigenvalue weighted by atomic mass is 32.2. The monoisotopic (exact) mass is 424 g/mol. The van der Waals surface area contributed by atoms with Gasteiger partial charge in [-0.3, -0.25) is 4.79 Å². The van der Waals surface area contributed by atoms with Crippen molar-refractivity contribution < 1.29 is 22.7 Å². The van der Waals surface area contributed by atoms with Crippen LogP contribution in [0.4, 0.5) is 5.00 Å². The summed E-state index contributed by atoms with van der Waals surface area (Å²) in [5.41, 5.74) is 0.0681. The summed E-state index contributed by atoms with van der Waals surface area (Å²) in [6.45, 7) is 2.78. The normalized spacial score (nSPS) is 15.2. The van der Waals surface area contributed by atoms with Crippen LogP contribution >= 0.6 is 11.5 Å². The minimum atomic E-state index is -3.65. The summed E-state index contributed by atoms with van der Waals surface area (Å²) in [4.78, 5) is 24.5. The van der Waals surface area contributed by atoms with Gasteiger partial charge in [-0.1, -0.05) is 17.0 Å². The average molecular weight is 425 g/mol. The van der Waals surface area contributed by atoms with Crippen LogP contribution in [0.25, 0.3) is 0 Å². The molecule has 1 aliphatic heterocycles. The Bertz CT molecular complexity index is 967. The van der Waals surface area contributed by atoms with E-state index >= 15 is 0 Å². The molecule has 1 N–H and O–H groups in total. The Morgan fingerprint density at radius 3 is 2.71 bits per heavy atom. The van der Waals surface area contributed by atoms with Crippen molar-refractivity contribution in [1.82, 2.24) is 13.9 Å². The summed E-state index contributed by atoms with van der Waals surface area (Å²) in [6, 6.07) is 5.82. The fourth-order valence-electron chi connectivity index (χ4n) is 2.83. The smallest absolute Gasteiger partial charge is 0.362 e. The lowest BCUT2D eigenvalue weighted by molar-refractivity contribution is 0.0520. The molecular formula is C17H20N4O5S2. The maximum absolute atomic E-state index is 12.8. The predicted molar refractivity (Wildman–Crippen MR) is 103 cm³/mol. The first-order chi connectivity index (χ1) is 13.4. The topological polar surface area (TPSA) is 119 Å². The number of hydrogen-bond acceptors (Lipinski definition) is 8. The molecule has 1 fully saturated rings. The summed E-state index contributed by atoms with van der Waals surface area (Å²) in [6.07, 6.45) is 2.67. The van der Waals surface area contributed by atoms with Gasteiger partial charge in [-0.25, -0.2) is 13.2 Å².